The second-order valence-electron chi connectivity index (χ2n) is 5.83. The molecule has 1 amide bonds. The molecule has 1 aromatic carbocycles. The fraction of sp³-hybridized carbons (Fsp3) is 0.529. The molecule has 1 fully saturated rings. The molecule has 5 heteroatoms. The molecule has 0 spiro atoms. The second-order valence-corrected chi connectivity index (χ2v) is 5.83. The van der Waals surface area contributed by atoms with Crippen molar-refractivity contribution in [1.29, 1.82) is 0 Å². The fourth-order valence-corrected chi connectivity index (χ4v) is 2.51. The van der Waals surface area contributed by atoms with E-state index in [-0.39, 0.29) is 11.9 Å². The lowest BCUT2D eigenvalue weighted by Gasteiger charge is -2.24. The van der Waals surface area contributed by atoms with Crippen molar-refractivity contribution in [1.82, 2.24) is 4.90 Å². The summed E-state index contributed by atoms with van der Waals surface area (Å²) in [6.07, 6.45) is 2.94. The number of nitrogens with zero attached hydrogens (tertiary/aromatic N) is 1. The van der Waals surface area contributed by atoms with Crippen LogP contribution in [0.4, 0.5) is 0 Å². The van der Waals surface area contributed by atoms with Crippen molar-refractivity contribution in [2.45, 2.75) is 38.6 Å². The van der Waals surface area contributed by atoms with E-state index >= 15 is 0 Å². The van der Waals surface area contributed by atoms with Crippen LogP contribution in [0.5, 0.6) is 5.75 Å². The predicted octanol–water partition coefficient (Wildman–Crippen LogP) is 2.34. The van der Waals surface area contributed by atoms with Crippen molar-refractivity contribution in [3.63, 3.8) is 0 Å². The van der Waals surface area contributed by atoms with E-state index in [4.69, 9.17) is 9.84 Å². The largest absolute Gasteiger partial charge is 0.496 e. The summed E-state index contributed by atoms with van der Waals surface area (Å²) in [4.78, 5) is 25.2. The fourth-order valence-electron chi connectivity index (χ4n) is 2.51. The molecule has 0 bridgehead atoms. The first-order valence-electron chi connectivity index (χ1n) is 7.67. The smallest absolute Gasteiger partial charge is 0.308 e. The molecule has 1 aromatic rings. The van der Waals surface area contributed by atoms with E-state index < -0.39 is 11.9 Å². The van der Waals surface area contributed by atoms with E-state index in [0.29, 0.717) is 19.4 Å². The van der Waals surface area contributed by atoms with Gasteiger partial charge in [-0.05, 0) is 30.9 Å². The summed E-state index contributed by atoms with van der Waals surface area (Å²) in [6, 6.07) is 7.88. The summed E-state index contributed by atoms with van der Waals surface area (Å²) in [5, 5.41) is 9.04. The van der Waals surface area contributed by atoms with E-state index in [1.165, 1.54) is 0 Å². The van der Waals surface area contributed by atoms with Gasteiger partial charge in [-0.1, -0.05) is 25.1 Å². The van der Waals surface area contributed by atoms with Crippen molar-refractivity contribution in [3.05, 3.63) is 29.8 Å². The topological polar surface area (TPSA) is 66.8 Å². The van der Waals surface area contributed by atoms with Gasteiger partial charge < -0.3 is 14.7 Å². The molecule has 0 aromatic heterocycles. The number of carboxylic acids is 1. The minimum absolute atomic E-state index is 0.0292. The number of carbonyl (C=O) groups excluding carboxylic acids is 1. The SMILES string of the molecule is COc1ccccc1CCC(=O)N(CC(C)C(=O)O)C1CC1. The number of carbonyl (C=O) groups is 2. The Morgan fingerprint density at radius 2 is 2.05 bits per heavy atom. The second kappa shape index (κ2) is 7.29. The summed E-state index contributed by atoms with van der Waals surface area (Å²) in [5.41, 5.74) is 1.00. The van der Waals surface area contributed by atoms with Crippen molar-refractivity contribution in [2.75, 3.05) is 13.7 Å². The van der Waals surface area contributed by atoms with Crippen LogP contribution in [0.2, 0.25) is 0 Å². The molecule has 22 heavy (non-hydrogen) atoms. The third kappa shape index (κ3) is 4.23. The normalized spacial score (nSPS) is 15.2. The van der Waals surface area contributed by atoms with Crippen molar-refractivity contribution < 1.29 is 19.4 Å². The highest BCUT2D eigenvalue weighted by atomic mass is 16.5. The standard InChI is InChI=1S/C17H23NO4/c1-12(17(20)21)11-18(14-8-9-14)16(19)10-7-13-5-3-4-6-15(13)22-2/h3-6,12,14H,7-11H2,1-2H3,(H,20,21). The predicted molar refractivity (Wildman–Crippen MR) is 82.8 cm³/mol. The van der Waals surface area contributed by atoms with Gasteiger partial charge in [0, 0.05) is 19.0 Å². The molecule has 1 aliphatic carbocycles. The van der Waals surface area contributed by atoms with E-state index in [9.17, 15) is 9.59 Å². The van der Waals surface area contributed by atoms with Gasteiger partial charge in [0.15, 0.2) is 0 Å². The molecule has 1 unspecified atom stereocenters. The number of benzene rings is 1. The Morgan fingerprint density at radius 1 is 1.36 bits per heavy atom. The number of amides is 1. The van der Waals surface area contributed by atoms with Crippen LogP contribution in [0.15, 0.2) is 24.3 Å². The number of para-hydroxylation sites is 1. The molecule has 0 radical (unpaired) electrons. The quantitative estimate of drug-likeness (QED) is 0.800. The number of hydrogen-bond donors (Lipinski definition) is 1. The number of aliphatic carboxylic acids is 1. The van der Waals surface area contributed by atoms with Gasteiger partial charge in [-0.3, -0.25) is 9.59 Å². The van der Waals surface area contributed by atoms with E-state index in [1.807, 2.05) is 24.3 Å². The maximum Gasteiger partial charge on any atom is 0.308 e. The summed E-state index contributed by atoms with van der Waals surface area (Å²) in [6.45, 7) is 1.94. The van der Waals surface area contributed by atoms with E-state index in [1.54, 1.807) is 18.9 Å². The first kappa shape index (κ1) is 16.3. The molecule has 0 heterocycles. The van der Waals surface area contributed by atoms with Gasteiger partial charge in [-0.15, -0.1) is 0 Å². The Morgan fingerprint density at radius 3 is 2.64 bits per heavy atom. The Labute approximate surface area is 130 Å². The summed E-state index contributed by atoms with van der Waals surface area (Å²) in [5.74, 6) is -0.576. The maximum absolute atomic E-state index is 12.4. The summed E-state index contributed by atoms with van der Waals surface area (Å²) >= 11 is 0. The van der Waals surface area contributed by atoms with Crippen molar-refractivity contribution >= 4 is 11.9 Å². The number of rotatable bonds is 8. The van der Waals surface area contributed by atoms with Crippen molar-refractivity contribution in [2.24, 2.45) is 5.92 Å². The van der Waals surface area contributed by atoms with Crippen LogP contribution in [0, 0.1) is 5.92 Å². The van der Waals surface area contributed by atoms with Crippen molar-refractivity contribution in [3.8, 4) is 5.75 Å². The Hall–Kier alpha value is -2.04. The number of methoxy groups -OCH3 is 1. The van der Waals surface area contributed by atoms with Gasteiger partial charge >= 0.3 is 5.97 Å². The van der Waals surface area contributed by atoms with Crippen LogP contribution >= 0.6 is 0 Å². The number of carboxylic acid groups (broad SMARTS) is 1. The zero-order chi connectivity index (χ0) is 16.1. The molecule has 1 saturated carbocycles. The van der Waals surface area contributed by atoms with Crippen LogP contribution in [0.25, 0.3) is 0 Å². The van der Waals surface area contributed by atoms with Gasteiger partial charge in [0.1, 0.15) is 5.75 Å². The highest BCUT2D eigenvalue weighted by molar-refractivity contribution is 5.78. The zero-order valence-electron chi connectivity index (χ0n) is 13.1. The van der Waals surface area contributed by atoms with E-state index in [0.717, 1.165) is 24.2 Å². The zero-order valence-corrected chi connectivity index (χ0v) is 13.1. The van der Waals surface area contributed by atoms with E-state index in [2.05, 4.69) is 0 Å². The minimum Gasteiger partial charge on any atom is -0.496 e. The first-order valence-corrected chi connectivity index (χ1v) is 7.67. The molecule has 120 valence electrons. The molecule has 2 rings (SSSR count). The highest BCUT2D eigenvalue weighted by Crippen LogP contribution is 2.29. The number of ether oxygens (including phenoxy) is 1. The van der Waals surface area contributed by atoms with Gasteiger partial charge in [0.05, 0.1) is 13.0 Å². The summed E-state index contributed by atoms with van der Waals surface area (Å²) < 4.78 is 5.29. The minimum atomic E-state index is -0.858. The lowest BCUT2D eigenvalue weighted by Crippen LogP contribution is -2.38. The molecule has 0 aliphatic heterocycles. The average molecular weight is 305 g/mol. The Kier molecular flexibility index (Phi) is 5.41. The number of hydrogen-bond acceptors (Lipinski definition) is 3. The lowest BCUT2D eigenvalue weighted by atomic mass is 10.1. The lowest BCUT2D eigenvalue weighted by molar-refractivity contribution is -0.143. The molecule has 1 atom stereocenters. The molecule has 5 nitrogen and oxygen atoms in total. The first-order chi connectivity index (χ1) is 10.5. The molecule has 0 saturated heterocycles. The van der Waals surface area contributed by atoms with Crippen LogP contribution < -0.4 is 4.74 Å². The van der Waals surface area contributed by atoms with Gasteiger partial charge in [-0.2, -0.15) is 0 Å². The van der Waals surface area contributed by atoms with Crippen LogP contribution in [-0.4, -0.2) is 41.6 Å². The Bertz CT molecular complexity index is 539. The summed E-state index contributed by atoms with van der Waals surface area (Å²) in [7, 11) is 1.62. The third-order valence-corrected chi connectivity index (χ3v) is 4.00. The van der Waals surface area contributed by atoms with Crippen LogP contribution in [0.3, 0.4) is 0 Å². The molecular formula is C17H23NO4. The monoisotopic (exact) mass is 305 g/mol. The Balaban J connectivity index is 1.95. The third-order valence-electron chi connectivity index (χ3n) is 4.00. The van der Waals surface area contributed by atoms with Crippen LogP contribution in [-0.2, 0) is 16.0 Å². The van der Waals surface area contributed by atoms with Gasteiger partial charge in [0.25, 0.3) is 0 Å². The molecular weight excluding hydrogens is 282 g/mol. The van der Waals surface area contributed by atoms with Crippen LogP contribution in [0.1, 0.15) is 31.7 Å². The highest BCUT2D eigenvalue weighted by Gasteiger charge is 2.34. The average Bonchev–Trinajstić information content (AvgIpc) is 3.34. The maximum atomic E-state index is 12.4. The number of aryl methyl sites for hydroxylation is 1. The molecule has 1 aliphatic rings. The van der Waals surface area contributed by atoms with Gasteiger partial charge in [-0.25, -0.2) is 0 Å². The molecule has 1 N–H and O–H groups in total. The van der Waals surface area contributed by atoms with Gasteiger partial charge in [0.2, 0.25) is 5.91 Å².